The minimum atomic E-state index is -2.23. The average molecular weight is 848 g/mol. The first-order chi connectivity index (χ1) is 27.1. The Hall–Kier alpha value is -3.05. The molecule has 1 unspecified atom stereocenters. The number of hydrogen-bond donors (Lipinski definition) is 1. The molecule has 5 rings (SSSR count). The van der Waals surface area contributed by atoms with Gasteiger partial charge < -0.3 is 18.9 Å². The van der Waals surface area contributed by atoms with Crippen molar-refractivity contribution in [2.75, 3.05) is 31.6 Å². The fourth-order valence-corrected chi connectivity index (χ4v) is 21.2. The first kappa shape index (κ1) is 47.6. The number of ether oxygens (including phenoxy) is 1. The molecular weight excluding hydrogens is 772 g/mol. The van der Waals surface area contributed by atoms with Crippen molar-refractivity contribution in [3.63, 3.8) is 0 Å². The lowest BCUT2D eigenvalue weighted by atomic mass is 9.89. The summed E-state index contributed by atoms with van der Waals surface area (Å²) in [4.78, 5) is 17.3. The van der Waals surface area contributed by atoms with E-state index in [1.165, 1.54) is 24.8 Å². The average Bonchev–Trinajstić information content (AvgIpc) is 3.50. The highest BCUT2D eigenvalue weighted by Gasteiger charge is 2.48. The fraction of sp³-hybridized carbons (Fsp3) is 0.571. The summed E-state index contributed by atoms with van der Waals surface area (Å²) in [5.74, 6) is 2.06. The van der Waals surface area contributed by atoms with Gasteiger partial charge in [0.1, 0.15) is 23.9 Å². The van der Waals surface area contributed by atoms with Crippen LogP contribution < -0.4 is 18.9 Å². The zero-order valence-electron chi connectivity index (χ0n) is 38.0. The van der Waals surface area contributed by atoms with E-state index in [0.717, 1.165) is 71.3 Å². The lowest BCUT2D eigenvalue weighted by Gasteiger charge is -2.42. The van der Waals surface area contributed by atoms with Crippen LogP contribution in [0.25, 0.3) is 11.1 Å². The summed E-state index contributed by atoms with van der Waals surface area (Å²) in [5.41, 5.74) is 8.96. The summed E-state index contributed by atoms with van der Waals surface area (Å²) in [6.07, 6.45) is 4.69. The van der Waals surface area contributed by atoms with Crippen molar-refractivity contribution >= 4 is 51.8 Å². The van der Waals surface area contributed by atoms with E-state index in [9.17, 15) is 4.79 Å². The van der Waals surface area contributed by atoms with E-state index in [4.69, 9.17) is 13.6 Å². The highest BCUT2D eigenvalue weighted by Crippen LogP contribution is 2.51. The van der Waals surface area contributed by atoms with Gasteiger partial charge >= 0.3 is 0 Å². The molecule has 6 nitrogen and oxygen atoms in total. The second-order valence-electron chi connectivity index (χ2n) is 18.6. The van der Waals surface area contributed by atoms with Crippen LogP contribution in [0.15, 0.2) is 66.7 Å². The number of benzene rings is 3. The molecule has 1 amide bonds. The molecule has 0 radical (unpaired) electrons. The number of rotatable bonds is 18. The number of fused-ring (bicyclic) bond motifs is 1. The zero-order valence-corrected chi connectivity index (χ0v) is 40.9. The molecule has 0 spiro atoms. The maximum Gasteiger partial charge on any atom is 0.258 e. The van der Waals surface area contributed by atoms with Crippen molar-refractivity contribution in [1.82, 2.24) is 4.90 Å². The highest BCUT2D eigenvalue weighted by molar-refractivity contribution is 6.78. The van der Waals surface area contributed by atoms with Gasteiger partial charge in [-0.15, -0.1) is 12.4 Å². The van der Waals surface area contributed by atoms with Crippen LogP contribution in [0.1, 0.15) is 138 Å². The minimum Gasteiger partial charge on any atom is -0.543 e. The second-order valence-corrected chi connectivity index (χ2v) is 29.3. The summed E-state index contributed by atoms with van der Waals surface area (Å²) < 4.78 is 20.4. The number of piperidine rings is 1. The van der Waals surface area contributed by atoms with E-state index in [2.05, 4.69) is 143 Å². The lowest BCUT2D eigenvalue weighted by molar-refractivity contribution is -0.116. The molecule has 1 aliphatic heterocycles. The third-order valence-electron chi connectivity index (χ3n) is 13.3. The molecule has 2 aliphatic rings. The Balaban J connectivity index is 0.00000744. The van der Waals surface area contributed by atoms with Crippen molar-refractivity contribution in [3.05, 3.63) is 83.4 Å². The van der Waals surface area contributed by atoms with Crippen molar-refractivity contribution in [2.45, 2.75) is 155 Å². The standard InChI is InChI=1S/C49H74N2O4Si2.ClH/c1-14-44-45-27-26-43(55-57(36(8)9,37(10)11)38(12)13)32-46(45)48(47(44)39-18-22-42(23-19-39)54-56(33(2)3,34(4)5)35(6)7)49(52)50-40-20-24-41(25-21-40)53-31-30-51-28-16-15-17-29-51;/h18-27,32-38,48H,14-17,28-31H2,1-13H3,(H,50,52);1H. The molecule has 0 bridgehead atoms. The number of likely N-dealkylation sites (tertiary alicyclic amines) is 1. The molecule has 58 heavy (non-hydrogen) atoms. The third kappa shape index (κ3) is 9.93. The molecule has 1 atom stereocenters. The van der Waals surface area contributed by atoms with Gasteiger partial charge in [-0.1, -0.05) is 115 Å². The van der Waals surface area contributed by atoms with E-state index in [1.807, 2.05) is 24.3 Å². The number of amides is 1. The maximum absolute atomic E-state index is 14.8. The molecule has 1 aliphatic carbocycles. The van der Waals surface area contributed by atoms with Crippen LogP contribution in [0.4, 0.5) is 5.69 Å². The number of nitrogens with zero attached hydrogens (tertiary/aromatic N) is 1. The maximum atomic E-state index is 14.8. The molecule has 1 saturated heterocycles. The van der Waals surface area contributed by atoms with Crippen LogP contribution in [0.5, 0.6) is 17.2 Å². The lowest BCUT2D eigenvalue weighted by Crippen LogP contribution is -2.50. The van der Waals surface area contributed by atoms with Gasteiger partial charge in [-0.05, 0) is 142 Å². The first-order valence-electron chi connectivity index (χ1n) is 22.2. The predicted molar refractivity (Wildman–Crippen MR) is 254 cm³/mol. The summed E-state index contributed by atoms with van der Waals surface area (Å²) in [6.45, 7) is 34.0. The van der Waals surface area contributed by atoms with Crippen molar-refractivity contribution in [2.24, 2.45) is 0 Å². The number of carbonyl (C=O) groups is 1. The Labute approximate surface area is 360 Å². The second kappa shape index (κ2) is 20.5. The molecule has 9 heteroatoms. The Morgan fingerprint density at radius 1 is 0.672 bits per heavy atom. The molecule has 3 aromatic rings. The highest BCUT2D eigenvalue weighted by atomic mass is 35.5. The van der Waals surface area contributed by atoms with Crippen molar-refractivity contribution in [3.8, 4) is 17.2 Å². The predicted octanol–water partition coefficient (Wildman–Crippen LogP) is 14.1. The monoisotopic (exact) mass is 846 g/mol. The Morgan fingerprint density at radius 3 is 1.66 bits per heavy atom. The van der Waals surface area contributed by atoms with Gasteiger partial charge in [0.25, 0.3) is 16.6 Å². The van der Waals surface area contributed by atoms with Crippen molar-refractivity contribution in [1.29, 1.82) is 0 Å². The minimum absolute atomic E-state index is 0. The normalized spacial score (nSPS) is 16.4. The van der Waals surface area contributed by atoms with E-state index in [0.29, 0.717) is 39.9 Å². The van der Waals surface area contributed by atoms with E-state index >= 15 is 0 Å². The Morgan fingerprint density at radius 2 is 1.16 bits per heavy atom. The van der Waals surface area contributed by atoms with Crippen LogP contribution in [-0.2, 0) is 4.79 Å². The van der Waals surface area contributed by atoms with E-state index < -0.39 is 22.6 Å². The van der Waals surface area contributed by atoms with Crippen molar-refractivity contribution < 1.29 is 18.4 Å². The van der Waals surface area contributed by atoms with Gasteiger partial charge in [-0.25, -0.2) is 0 Å². The number of hydrogen-bond acceptors (Lipinski definition) is 5. The number of halogens is 1. The smallest absolute Gasteiger partial charge is 0.258 e. The summed E-state index contributed by atoms with van der Waals surface area (Å²) >= 11 is 0. The topological polar surface area (TPSA) is 60.0 Å². The Bertz CT molecular complexity index is 1770. The summed E-state index contributed by atoms with van der Waals surface area (Å²) in [5, 5.41) is 3.32. The molecule has 0 saturated carbocycles. The quantitative estimate of drug-likeness (QED) is 0.129. The molecule has 3 aromatic carbocycles. The van der Waals surface area contributed by atoms with Gasteiger partial charge in [-0.3, -0.25) is 9.69 Å². The Kier molecular flexibility index (Phi) is 16.8. The van der Waals surface area contributed by atoms with Crippen LogP contribution >= 0.6 is 12.4 Å². The zero-order chi connectivity index (χ0) is 41.7. The molecule has 1 heterocycles. The number of nitrogens with one attached hydrogen (secondary N) is 1. The molecular formula is C49H75ClN2O4Si2. The van der Waals surface area contributed by atoms with Gasteiger partial charge in [0.2, 0.25) is 5.91 Å². The third-order valence-corrected chi connectivity index (χ3v) is 25.3. The van der Waals surface area contributed by atoms with Crippen LogP contribution in [0.2, 0.25) is 33.2 Å². The summed E-state index contributed by atoms with van der Waals surface area (Å²) in [7, 11) is -4.37. The van der Waals surface area contributed by atoms with Gasteiger partial charge in [0, 0.05) is 12.2 Å². The van der Waals surface area contributed by atoms with Gasteiger partial charge in [0.05, 0.1) is 5.92 Å². The number of anilines is 1. The first-order valence-corrected chi connectivity index (χ1v) is 26.5. The largest absolute Gasteiger partial charge is 0.543 e. The van der Waals surface area contributed by atoms with Gasteiger partial charge in [0.15, 0.2) is 0 Å². The van der Waals surface area contributed by atoms with Crippen LogP contribution in [0, 0.1) is 0 Å². The molecule has 1 N–H and O–H groups in total. The SMILES string of the molecule is CCC1=C(c2ccc(O[Si](C(C)C)(C(C)C)C(C)C)cc2)C(C(=O)Nc2ccc(OCCN3CCCCC3)cc2)c2cc(O[Si](C(C)C)(C(C)C)C(C)C)ccc21.Cl. The van der Waals surface area contributed by atoms with Gasteiger partial charge in [-0.2, -0.15) is 0 Å². The number of allylic oxidation sites excluding steroid dienone is 1. The summed E-state index contributed by atoms with van der Waals surface area (Å²) in [6, 6.07) is 23.0. The van der Waals surface area contributed by atoms with E-state index in [1.54, 1.807) is 0 Å². The molecule has 320 valence electrons. The van der Waals surface area contributed by atoms with Crippen LogP contribution in [0.3, 0.4) is 0 Å². The molecule has 0 aromatic heterocycles. The fourth-order valence-electron chi connectivity index (χ4n) is 10.7. The molecule has 1 fully saturated rings. The van der Waals surface area contributed by atoms with Crippen LogP contribution in [-0.4, -0.2) is 53.7 Å². The van der Waals surface area contributed by atoms with E-state index in [-0.39, 0.29) is 18.3 Å². The number of carbonyl (C=O) groups excluding carboxylic acids is 1.